The molecule has 80 valence electrons. The Hall–Kier alpha value is -0.780. The van der Waals surface area contributed by atoms with E-state index in [0.717, 1.165) is 29.6 Å². The smallest absolute Gasteiger partial charge is 0.0128 e. The van der Waals surface area contributed by atoms with Gasteiger partial charge in [0.15, 0.2) is 0 Å². The second kappa shape index (κ2) is 3.37. The van der Waals surface area contributed by atoms with E-state index in [1.165, 1.54) is 12.8 Å². The zero-order chi connectivity index (χ0) is 10.4. The van der Waals surface area contributed by atoms with Crippen LogP contribution >= 0.6 is 0 Å². The molecule has 2 aliphatic carbocycles. The Bertz CT molecular complexity index is 338. The van der Waals surface area contributed by atoms with Gasteiger partial charge in [-0.1, -0.05) is 44.2 Å². The molecule has 0 spiro atoms. The van der Waals surface area contributed by atoms with Crippen molar-refractivity contribution in [2.75, 3.05) is 0 Å². The zero-order valence-corrected chi connectivity index (χ0v) is 9.69. The van der Waals surface area contributed by atoms with Gasteiger partial charge < -0.3 is 0 Å². The molecular weight excluding hydrogens is 180 g/mol. The Balaban J connectivity index is 1.87. The summed E-state index contributed by atoms with van der Waals surface area (Å²) in [6.45, 7) is 4.92. The molecule has 1 aromatic rings. The Morgan fingerprint density at radius 2 is 1.67 bits per heavy atom. The Kier molecular flexibility index (Phi) is 2.12. The minimum atomic E-state index is 0.863. The molecule has 1 aromatic carbocycles. The third-order valence-electron chi connectivity index (χ3n) is 5.12. The van der Waals surface area contributed by atoms with Crippen LogP contribution in [0.4, 0.5) is 0 Å². The average molecular weight is 200 g/mol. The van der Waals surface area contributed by atoms with Gasteiger partial charge in [-0.15, -0.1) is 0 Å². The minimum absolute atomic E-state index is 0.863. The Morgan fingerprint density at radius 3 is 2.27 bits per heavy atom. The van der Waals surface area contributed by atoms with Gasteiger partial charge in [0.1, 0.15) is 0 Å². The van der Waals surface area contributed by atoms with Gasteiger partial charge in [0.25, 0.3) is 0 Å². The number of hydrogen-bond donors (Lipinski definition) is 0. The predicted octanol–water partition coefficient (Wildman–Crippen LogP) is 4.08. The van der Waals surface area contributed by atoms with Gasteiger partial charge in [0.2, 0.25) is 0 Å². The normalized spacial score (nSPS) is 43.5. The van der Waals surface area contributed by atoms with Crippen LogP contribution in [0.25, 0.3) is 0 Å². The van der Waals surface area contributed by atoms with Crippen molar-refractivity contribution in [2.24, 2.45) is 23.7 Å². The van der Waals surface area contributed by atoms with Crippen molar-refractivity contribution in [1.29, 1.82) is 0 Å². The SMILES string of the molecule is CC1C2CC(c3ccccc3)C(C2)C1C. The largest absolute Gasteiger partial charge is 0.0622 e. The fourth-order valence-corrected chi connectivity index (χ4v) is 4.02. The molecular formula is C15H20. The second-order valence-corrected chi connectivity index (χ2v) is 5.63. The van der Waals surface area contributed by atoms with Gasteiger partial charge in [-0.25, -0.2) is 0 Å². The zero-order valence-electron chi connectivity index (χ0n) is 9.69. The standard InChI is InChI=1S/C15H20/c1-10-11(2)14-8-13(10)9-15(14)12-6-4-3-5-7-12/h3-7,10-11,13-15H,8-9H2,1-2H3. The first kappa shape index (κ1) is 9.45. The summed E-state index contributed by atoms with van der Waals surface area (Å²) in [5.74, 6) is 4.74. The highest BCUT2D eigenvalue weighted by molar-refractivity contribution is 5.23. The van der Waals surface area contributed by atoms with Crippen LogP contribution in [-0.2, 0) is 0 Å². The Labute approximate surface area is 92.7 Å². The lowest BCUT2D eigenvalue weighted by Crippen LogP contribution is -2.22. The van der Waals surface area contributed by atoms with Gasteiger partial charge in [-0.3, -0.25) is 0 Å². The molecule has 0 saturated heterocycles. The van der Waals surface area contributed by atoms with Crippen LogP contribution in [-0.4, -0.2) is 0 Å². The summed E-state index contributed by atoms with van der Waals surface area (Å²) in [4.78, 5) is 0. The van der Waals surface area contributed by atoms with E-state index in [2.05, 4.69) is 44.2 Å². The van der Waals surface area contributed by atoms with Crippen LogP contribution in [0.1, 0.15) is 38.2 Å². The molecule has 0 heterocycles. The molecule has 0 radical (unpaired) electrons. The molecule has 5 unspecified atom stereocenters. The molecule has 0 N–H and O–H groups in total. The van der Waals surface area contributed by atoms with Gasteiger partial charge in [0, 0.05) is 0 Å². The molecule has 0 aromatic heterocycles. The third kappa shape index (κ3) is 1.34. The second-order valence-electron chi connectivity index (χ2n) is 5.63. The highest BCUT2D eigenvalue weighted by Gasteiger charge is 2.48. The van der Waals surface area contributed by atoms with E-state index in [0.29, 0.717) is 0 Å². The van der Waals surface area contributed by atoms with Gasteiger partial charge in [-0.2, -0.15) is 0 Å². The van der Waals surface area contributed by atoms with E-state index >= 15 is 0 Å². The van der Waals surface area contributed by atoms with Crippen molar-refractivity contribution >= 4 is 0 Å². The number of benzene rings is 1. The molecule has 0 nitrogen and oxygen atoms in total. The Morgan fingerprint density at radius 1 is 0.933 bits per heavy atom. The summed E-state index contributed by atoms with van der Waals surface area (Å²) in [5, 5.41) is 0. The first-order valence-electron chi connectivity index (χ1n) is 6.32. The molecule has 0 amide bonds. The first-order valence-corrected chi connectivity index (χ1v) is 6.32. The maximum atomic E-state index is 2.46. The third-order valence-corrected chi connectivity index (χ3v) is 5.12. The van der Waals surface area contributed by atoms with Crippen molar-refractivity contribution in [3.05, 3.63) is 35.9 Å². The lowest BCUT2D eigenvalue weighted by Gasteiger charge is -2.32. The maximum absolute atomic E-state index is 2.46. The molecule has 2 aliphatic rings. The van der Waals surface area contributed by atoms with Crippen molar-refractivity contribution < 1.29 is 0 Å². The lowest BCUT2D eigenvalue weighted by molar-refractivity contribution is 0.232. The fourth-order valence-electron chi connectivity index (χ4n) is 4.02. The molecule has 2 saturated carbocycles. The fraction of sp³-hybridized carbons (Fsp3) is 0.600. The van der Waals surface area contributed by atoms with Gasteiger partial charge in [0.05, 0.1) is 0 Å². The summed E-state index contributed by atoms with van der Waals surface area (Å²) in [7, 11) is 0. The summed E-state index contributed by atoms with van der Waals surface area (Å²) in [6.07, 6.45) is 2.93. The molecule has 3 rings (SSSR count). The molecule has 2 bridgehead atoms. The van der Waals surface area contributed by atoms with Gasteiger partial charge >= 0.3 is 0 Å². The quantitative estimate of drug-likeness (QED) is 0.640. The van der Waals surface area contributed by atoms with Crippen LogP contribution in [0.3, 0.4) is 0 Å². The van der Waals surface area contributed by atoms with Crippen LogP contribution in [0.15, 0.2) is 30.3 Å². The van der Waals surface area contributed by atoms with Crippen molar-refractivity contribution in [3.8, 4) is 0 Å². The molecule has 5 atom stereocenters. The van der Waals surface area contributed by atoms with Crippen LogP contribution < -0.4 is 0 Å². The summed E-state index contributed by atoms with van der Waals surface area (Å²) in [5.41, 5.74) is 1.59. The molecule has 0 aliphatic heterocycles. The minimum Gasteiger partial charge on any atom is -0.0622 e. The monoisotopic (exact) mass is 200 g/mol. The lowest BCUT2D eigenvalue weighted by atomic mass is 9.73. The highest BCUT2D eigenvalue weighted by Crippen LogP contribution is 2.58. The van der Waals surface area contributed by atoms with Crippen LogP contribution in [0, 0.1) is 23.7 Å². The van der Waals surface area contributed by atoms with E-state index in [9.17, 15) is 0 Å². The number of hydrogen-bond acceptors (Lipinski definition) is 0. The van der Waals surface area contributed by atoms with Crippen LogP contribution in [0.5, 0.6) is 0 Å². The van der Waals surface area contributed by atoms with Crippen molar-refractivity contribution in [2.45, 2.75) is 32.6 Å². The van der Waals surface area contributed by atoms with E-state index in [4.69, 9.17) is 0 Å². The number of fused-ring (bicyclic) bond motifs is 2. The number of rotatable bonds is 1. The van der Waals surface area contributed by atoms with E-state index in [-0.39, 0.29) is 0 Å². The molecule has 0 heteroatoms. The molecule has 2 fully saturated rings. The van der Waals surface area contributed by atoms with Gasteiger partial charge in [-0.05, 0) is 48.0 Å². The highest BCUT2D eigenvalue weighted by atomic mass is 14.5. The first-order chi connectivity index (χ1) is 7.27. The summed E-state index contributed by atoms with van der Waals surface area (Å²) >= 11 is 0. The van der Waals surface area contributed by atoms with E-state index in [1.807, 2.05) is 0 Å². The topological polar surface area (TPSA) is 0 Å². The molecule has 15 heavy (non-hydrogen) atoms. The predicted molar refractivity (Wildman–Crippen MR) is 63.7 cm³/mol. The van der Waals surface area contributed by atoms with E-state index < -0.39 is 0 Å². The maximum Gasteiger partial charge on any atom is -0.0128 e. The van der Waals surface area contributed by atoms with Crippen molar-refractivity contribution in [3.63, 3.8) is 0 Å². The summed E-state index contributed by atoms with van der Waals surface area (Å²) < 4.78 is 0. The van der Waals surface area contributed by atoms with Crippen molar-refractivity contribution in [1.82, 2.24) is 0 Å². The van der Waals surface area contributed by atoms with E-state index in [1.54, 1.807) is 5.56 Å². The summed E-state index contributed by atoms with van der Waals surface area (Å²) in [6, 6.07) is 11.2. The average Bonchev–Trinajstić information content (AvgIpc) is 2.82. The van der Waals surface area contributed by atoms with Crippen LogP contribution in [0.2, 0.25) is 0 Å².